The molecule has 0 fully saturated rings. The standard InChI is InChI=1S/C11H16IN3O/c1-15(2)7-3-6-13-11(16)10-5-4-9(12)8-14-10/h4-5,8H,3,6-7H2,1-2H3,(H,13,16)/i12-3. The van der Waals surface area contributed by atoms with Gasteiger partial charge in [0.25, 0.3) is 5.91 Å². The second-order valence-corrected chi connectivity index (χ2v) is 5.02. The molecule has 4 nitrogen and oxygen atoms in total. The van der Waals surface area contributed by atoms with E-state index in [4.69, 9.17) is 0 Å². The molecule has 0 atom stereocenters. The number of nitrogens with zero attached hydrogens (tertiary/aromatic N) is 2. The van der Waals surface area contributed by atoms with Gasteiger partial charge in [0.15, 0.2) is 0 Å². The number of carbonyl (C=O) groups excluding carboxylic acids is 1. The van der Waals surface area contributed by atoms with Crippen LogP contribution in [-0.2, 0) is 0 Å². The summed E-state index contributed by atoms with van der Waals surface area (Å²) >= 11 is 2.16. The fourth-order valence-corrected chi connectivity index (χ4v) is 1.52. The van der Waals surface area contributed by atoms with E-state index < -0.39 is 0 Å². The van der Waals surface area contributed by atoms with Gasteiger partial charge < -0.3 is 10.2 Å². The lowest BCUT2D eigenvalue weighted by Gasteiger charge is -2.09. The van der Waals surface area contributed by atoms with Crippen molar-refractivity contribution < 1.29 is 4.79 Å². The number of rotatable bonds is 5. The van der Waals surface area contributed by atoms with E-state index in [1.807, 2.05) is 20.2 Å². The molecule has 0 saturated heterocycles. The van der Waals surface area contributed by atoms with Crippen LogP contribution < -0.4 is 5.32 Å². The van der Waals surface area contributed by atoms with Crippen LogP contribution >= 0.6 is 22.6 Å². The molecular formula is C11H16IN3O. The minimum absolute atomic E-state index is 0.102. The van der Waals surface area contributed by atoms with Crippen LogP contribution in [0.1, 0.15) is 16.9 Å². The Labute approximate surface area is 110 Å². The molecule has 1 aromatic rings. The summed E-state index contributed by atoms with van der Waals surface area (Å²) in [5.74, 6) is -0.102. The Bertz CT molecular complexity index is 338. The third-order valence-electron chi connectivity index (χ3n) is 2.03. The summed E-state index contributed by atoms with van der Waals surface area (Å²) in [5, 5.41) is 2.84. The Kier molecular flexibility index (Phi) is 5.68. The molecule has 0 radical (unpaired) electrons. The normalized spacial score (nSPS) is 10.5. The lowest BCUT2D eigenvalue weighted by atomic mass is 10.3. The van der Waals surface area contributed by atoms with Crippen molar-refractivity contribution in [3.8, 4) is 0 Å². The zero-order chi connectivity index (χ0) is 12.0. The van der Waals surface area contributed by atoms with Crippen molar-refractivity contribution in [1.29, 1.82) is 0 Å². The SMILES string of the molecule is CN(C)CCCNC(=O)c1ccc([124I])cn1. The van der Waals surface area contributed by atoms with E-state index >= 15 is 0 Å². The lowest BCUT2D eigenvalue weighted by molar-refractivity contribution is 0.0947. The van der Waals surface area contributed by atoms with Crippen LogP contribution in [0.5, 0.6) is 0 Å². The van der Waals surface area contributed by atoms with E-state index in [0.717, 1.165) is 16.5 Å². The maximum Gasteiger partial charge on any atom is 0.269 e. The molecule has 0 aliphatic heterocycles. The predicted molar refractivity (Wildman–Crippen MR) is 72.5 cm³/mol. The molecule has 88 valence electrons. The summed E-state index contributed by atoms with van der Waals surface area (Å²) in [6, 6.07) is 3.62. The molecule has 0 aliphatic rings. The first-order valence-corrected chi connectivity index (χ1v) is 6.22. The highest BCUT2D eigenvalue weighted by molar-refractivity contribution is 14.1. The number of carbonyl (C=O) groups is 1. The number of hydrogen-bond donors (Lipinski definition) is 1. The van der Waals surface area contributed by atoms with Gasteiger partial charge in [-0.25, -0.2) is 4.98 Å². The van der Waals surface area contributed by atoms with E-state index in [2.05, 4.69) is 37.8 Å². The van der Waals surface area contributed by atoms with Crippen LogP contribution in [0.4, 0.5) is 0 Å². The van der Waals surface area contributed by atoms with Crippen molar-refractivity contribution in [1.82, 2.24) is 15.2 Å². The number of halogens is 1. The molecule has 16 heavy (non-hydrogen) atoms. The molecule has 0 saturated carbocycles. The van der Waals surface area contributed by atoms with Crippen LogP contribution in [0.2, 0.25) is 0 Å². The molecule has 1 N–H and O–H groups in total. The number of pyridine rings is 1. The average molecular weight is 330 g/mol. The summed E-state index contributed by atoms with van der Waals surface area (Å²) in [6.07, 6.45) is 2.64. The molecule has 5 heteroatoms. The molecule has 1 heterocycles. The number of amides is 1. The molecule has 0 spiro atoms. The highest BCUT2D eigenvalue weighted by Gasteiger charge is 2.05. The van der Waals surface area contributed by atoms with E-state index in [-0.39, 0.29) is 5.91 Å². The Morgan fingerprint density at radius 1 is 1.50 bits per heavy atom. The van der Waals surface area contributed by atoms with Gasteiger partial charge >= 0.3 is 0 Å². The first kappa shape index (κ1) is 13.4. The number of hydrogen-bond acceptors (Lipinski definition) is 3. The zero-order valence-electron chi connectivity index (χ0n) is 9.53. The molecule has 0 unspecified atom stereocenters. The Balaban J connectivity index is 2.32. The van der Waals surface area contributed by atoms with Crippen LogP contribution in [0.25, 0.3) is 0 Å². The smallest absolute Gasteiger partial charge is 0.269 e. The number of aromatic nitrogens is 1. The molecule has 0 bridgehead atoms. The fourth-order valence-electron chi connectivity index (χ4n) is 1.20. The van der Waals surface area contributed by atoms with Crippen molar-refractivity contribution in [3.05, 3.63) is 27.6 Å². The van der Waals surface area contributed by atoms with E-state index in [1.165, 1.54) is 0 Å². The van der Waals surface area contributed by atoms with Crippen LogP contribution in [0.15, 0.2) is 18.3 Å². The van der Waals surface area contributed by atoms with Gasteiger partial charge in [0.05, 0.1) is 0 Å². The Morgan fingerprint density at radius 2 is 2.25 bits per heavy atom. The summed E-state index contributed by atoms with van der Waals surface area (Å²) in [4.78, 5) is 17.8. The summed E-state index contributed by atoms with van der Waals surface area (Å²) in [5.41, 5.74) is 0.477. The predicted octanol–water partition coefficient (Wildman–Crippen LogP) is 1.37. The highest BCUT2D eigenvalue weighted by Crippen LogP contribution is 2.02. The molecule has 1 amide bonds. The third kappa shape index (κ3) is 4.89. The van der Waals surface area contributed by atoms with E-state index in [1.54, 1.807) is 12.3 Å². The van der Waals surface area contributed by atoms with Crippen molar-refractivity contribution in [2.75, 3.05) is 27.2 Å². The third-order valence-corrected chi connectivity index (χ3v) is 2.67. The Morgan fingerprint density at radius 3 is 2.81 bits per heavy atom. The molecule has 0 aliphatic carbocycles. The average Bonchev–Trinajstić information content (AvgIpc) is 2.25. The van der Waals surface area contributed by atoms with E-state index in [9.17, 15) is 4.79 Å². The second-order valence-electron chi connectivity index (χ2n) is 3.77. The minimum Gasteiger partial charge on any atom is -0.351 e. The molecular weight excluding hydrogens is 314 g/mol. The van der Waals surface area contributed by atoms with E-state index in [0.29, 0.717) is 12.2 Å². The van der Waals surface area contributed by atoms with Crippen molar-refractivity contribution in [3.63, 3.8) is 0 Å². The van der Waals surface area contributed by atoms with Gasteiger partial charge in [-0.3, -0.25) is 4.79 Å². The lowest BCUT2D eigenvalue weighted by Crippen LogP contribution is -2.27. The van der Waals surface area contributed by atoms with Gasteiger partial charge in [-0.15, -0.1) is 0 Å². The molecule has 1 rings (SSSR count). The maximum atomic E-state index is 11.6. The molecule has 1 aromatic heterocycles. The topological polar surface area (TPSA) is 45.2 Å². The zero-order valence-corrected chi connectivity index (χ0v) is 11.7. The second kappa shape index (κ2) is 6.80. The summed E-state index contributed by atoms with van der Waals surface area (Å²) < 4.78 is 1.03. The maximum absolute atomic E-state index is 11.6. The largest absolute Gasteiger partial charge is 0.351 e. The first-order valence-electron chi connectivity index (χ1n) is 5.14. The first-order chi connectivity index (χ1) is 7.59. The minimum atomic E-state index is -0.102. The highest BCUT2D eigenvalue weighted by atomic mass is 124. The van der Waals surface area contributed by atoms with Crippen LogP contribution in [0, 0.1) is 3.57 Å². The van der Waals surface area contributed by atoms with Crippen LogP contribution in [0.3, 0.4) is 0 Å². The van der Waals surface area contributed by atoms with Crippen molar-refractivity contribution in [2.24, 2.45) is 0 Å². The van der Waals surface area contributed by atoms with Gasteiger partial charge in [0.2, 0.25) is 0 Å². The fraction of sp³-hybridized carbons (Fsp3) is 0.455. The van der Waals surface area contributed by atoms with Crippen molar-refractivity contribution in [2.45, 2.75) is 6.42 Å². The van der Waals surface area contributed by atoms with Crippen LogP contribution in [-0.4, -0.2) is 43.0 Å². The molecule has 0 aromatic carbocycles. The summed E-state index contributed by atoms with van der Waals surface area (Å²) in [6.45, 7) is 1.66. The number of nitrogens with one attached hydrogen (secondary N) is 1. The van der Waals surface area contributed by atoms with Gasteiger partial charge in [0.1, 0.15) is 5.69 Å². The monoisotopic (exact) mass is 330 g/mol. The van der Waals surface area contributed by atoms with Gasteiger partial charge in [0, 0.05) is 16.3 Å². The van der Waals surface area contributed by atoms with Crippen molar-refractivity contribution >= 4 is 28.5 Å². The summed E-state index contributed by atoms with van der Waals surface area (Å²) in [7, 11) is 4.03. The van der Waals surface area contributed by atoms with Gasteiger partial charge in [-0.1, -0.05) is 0 Å². The quantitative estimate of drug-likeness (QED) is 0.655. The van der Waals surface area contributed by atoms with Gasteiger partial charge in [-0.2, -0.15) is 0 Å². The van der Waals surface area contributed by atoms with Gasteiger partial charge in [-0.05, 0) is 61.8 Å². The Hall–Kier alpha value is -0.690.